The minimum absolute atomic E-state index is 0.127. The zero-order valence-electron chi connectivity index (χ0n) is 28.4. The lowest BCUT2D eigenvalue weighted by Gasteiger charge is -2.13. The molecule has 10 aromatic rings. The molecule has 0 aliphatic rings. The summed E-state index contributed by atoms with van der Waals surface area (Å²) >= 11 is 0. The maximum atomic E-state index is 10.3. The predicted molar refractivity (Wildman–Crippen MR) is 208 cm³/mol. The second-order valence-corrected chi connectivity index (χ2v) is 12.8. The van der Waals surface area contributed by atoms with Gasteiger partial charge in [-0.05, 0) is 66.7 Å². The minimum Gasteiger partial charge on any atom is -0.508 e. The van der Waals surface area contributed by atoms with Gasteiger partial charge in [-0.2, -0.15) is 0 Å². The zero-order chi connectivity index (χ0) is 36.2. The van der Waals surface area contributed by atoms with E-state index in [1.807, 2.05) is 100 Å². The van der Waals surface area contributed by atoms with Crippen LogP contribution in [-0.2, 0) is 0 Å². The first-order valence-corrected chi connectivity index (χ1v) is 17.2. The summed E-state index contributed by atoms with van der Waals surface area (Å²) in [6, 6.07) is 41.8. The Labute approximate surface area is 307 Å². The lowest BCUT2D eigenvalue weighted by Crippen LogP contribution is -1.97. The first-order chi connectivity index (χ1) is 26.6. The fraction of sp³-hybridized carbons (Fsp3) is 0. The van der Waals surface area contributed by atoms with Crippen LogP contribution in [-0.4, -0.2) is 39.3 Å². The third-order valence-corrected chi connectivity index (χ3v) is 9.38. The number of benzene rings is 5. The van der Waals surface area contributed by atoms with Gasteiger partial charge in [0, 0.05) is 82.2 Å². The van der Waals surface area contributed by atoms with Crippen LogP contribution in [0.4, 0.5) is 0 Å². The lowest BCUT2D eigenvalue weighted by atomic mass is 10.1. The van der Waals surface area contributed by atoms with Gasteiger partial charge in [-0.15, -0.1) is 0 Å². The van der Waals surface area contributed by atoms with Crippen LogP contribution < -0.4 is 9.47 Å². The van der Waals surface area contributed by atoms with Gasteiger partial charge in [-0.25, -0.2) is 19.9 Å². The molecule has 0 bridgehead atoms. The van der Waals surface area contributed by atoms with E-state index in [9.17, 15) is 10.2 Å². The number of nitrogens with zero attached hydrogens (tertiary/aromatic N) is 6. The summed E-state index contributed by atoms with van der Waals surface area (Å²) in [5.41, 5.74) is 4.36. The molecular formula is C44H28N6O4. The molecule has 0 aliphatic heterocycles. The molecule has 0 spiro atoms. The maximum Gasteiger partial charge on any atom is 0.159 e. The molecule has 0 radical (unpaired) electrons. The molecule has 10 nitrogen and oxygen atoms in total. The summed E-state index contributed by atoms with van der Waals surface area (Å²) in [6.07, 6.45) is 6.57. The van der Waals surface area contributed by atoms with Crippen molar-refractivity contribution in [1.29, 1.82) is 0 Å². The molecule has 0 amide bonds. The van der Waals surface area contributed by atoms with Crippen molar-refractivity contribution in [3.05, 3.63) is 158 Å². The van der Waals surface area contributed by atoms with Gasteiger partial charge in [0.05, 0.1) is 22.1 Å². The number of aromatic nitrogens is 6. The Morgan fingerprint density at radius 3 is 1.37 bits per heavy atom. The third-order valence-electron chi connectivity index (χ3n) is 9.38. The second-order valence-electron chi connectivity index (χ2n) is 12.8. The first kappa shape index (κ1) is 31.1. The molecule has 2 N–H and O–H groups in total. The lowest BCUT2D eigenvalue weighted by molar-refractivity contribution is 0.461. The molecule has 0 saturated carbocycles. The molecule has 54 heavy (non-hydrogen) atoms. The molecule has 0 aliphatic carbocycles. The van der Waals surface area contributed by atoms with Crippen molar-refractivity contribution in [3.63, 3.8) is 0 Å². The molecule has 0 unspecified atom stereocenters. The van der Waals surface area contributed by atoms with Crippen LogP contribution in [0, 0.1) is 0 Å². The van der Waals surface area contributed by atoms with Crippen molar-refractivity contribution >= 4 is 43.6 Å². The molecule has 10 rings (SSSR count). The monoisotopic (exact) mass is 704 g/mol. The number of hydrogen-bond donors (Lipinski definition) is 2. The van der Waals surface area contributed by atoms with E-state index in [-0.39, 0.29) is 11.5 Å². The highest BCUT2D eigenvalue weighted by Gasteiger charge is 2.17. The van der Waals surface area contributed by atoms with E-state index in [2.05, 4.69) is 32.1 Å². The van der Waals surface area contributed by atoms with Gasteiger partial charge in [0.2, 0.25) is 0 Å². The second kappa shape index (κ2) is 12.5. The summed E-state index contributed by atoms with van der Waals surface area (Å²) in [6.45, 7) is 0. The van der Waals surface area contributed by atoms with Gasteiger partial charge in [-0.3, -0.25) is 9.13 Å². The van der Waals surface area contributed by atoms with Crippen LogP contribution in [0.2, 0.25) is 0 Å². The molecule has 5 aromatic carbocycles. The molecule has 5 aromatic heterocycles. The number of para-hydroxylation sites is 2. The summed E-state index contributed by atoms with van der Waals surface area (Å²) in [4.78, 5) is 18.1. The van der Waals surface area contributed by atoms with Gasteiger partial charge in [0.15, 0.2) is 5.82 Å². The zero-order valence-corrected chi connectivity index (χ0v) is 28.4. The Hall–Kier alpha value is -7.72. The molecule has 5 heterocycles. The molecule has 0 atom stereocenters. The highest BCUT2D eigenvalue weighted by molar-refractivity contribution is 6.10. The van der Waals surface area contributed by atoms with E-state index in [0.717, 1.165) is 43.6 Å². The molecule has 0 saturated heterocycles. The van der Waals surface area contributed by atoms with Crippen LogP contribution >= 0.6 is 0 Å². The largest absolute Gasteiger partial charge is 0.508 e. The van der Waals surface area contributed by atoms with Crippen molar-refractivity contribution in [2.75, 3.05) is 0 Å². The van der Waals surface area contributed by atoms with Crippen LogP contribution in [0.25, 0.3) is 66.6 Å². The third kappa shape index (κ3) is 5.37. The van der Waals surface area contributed by atoms with E-state index in [1.54, 1.807) is 55.1 Å². The number of fused-ring (bicyclic) bond motifs is 6. The SMILES string of the molecule is Oc1ccnc(-n2c3ccccc3c3ccc(Oc4cc(Oc5ccc6c7ccccc7n(-c7cc(O)ccn7)c6c5)cc(-c5ncccn5)c4)cc32)c1. The van der Waals surface area contributed by atoms with Crippen LogP contribution in [0.15, 0.2) is 158 Å². The van der Waals surface area contributed by atoms with Crippen LogP contribution in [0.3, 0.4) is 0 Å². The Morgan fingerprint density at radius 2 is 0.870 bits per heavy atom. The fourth-order valence-electron chi connectivity index (χ4n) is 7.12. The topological polar surface area (TPSA) is 120 Å². The standard InChI is InChI=1S/C44H28N6O4/c51-28-14-18-45-42(22-28)49-38-8-3-1-6-34(38)36-12-10-30(25-40(36)49)53-32-20-27(44-47-16-5-17-48-44)21-33(24-32)54-31-11-13-37-35-7-2-4-9-39(35)50(41(37)26-31)43-23-29(52)15-19-46-43/h1-26H,(H,45,51)(H,46,52). The van der Waals surface area contributed by atoms with Gasteiger partial charge < -0.3 is 19.7 Å². The number of ether oxygens (including phenoxy) is 2. The average molecular weight is 705 g/mol. The smallest absolute Gasteiger partial charge is 0.159 e. The summed E-state index contributed by atoms with van der Waals surface area (Å²) < 4.78 is 17.2. The number of rotatable bonds is 7. The number of aromatic hydroxyl groups is 2. The Balaban J connectivity index is 1.07. The van der Waals surface area contributed by atoms with Crippen molar-refractivity contribution < 1.29 is 19.7 Å². The molecular weight excluding hydrogens is 677 g/mol. The van der Waals surface area contributed by atoms with Crippen molar-refractivity contribution in [3.8, 4) is 57.5 Å². The van der Waals surface area contributed by atoms with Gasteiger partial charge in [0.25, 0.3) is 0 Å². The number of hydrogen-bond acceptors (Lipinski definition) is 8. The summed E-state index contributed by atoms with van der Waals surface area (Å²) in [7, 11) is 0. The quantitative estimate of drug-likeness (QED) is 0.168. The molecule has 258 valence electrons. The first-order valence-electron chi connectivity index (χ1n) is 17.2. The van der Waals surface area contributed by atoms with Gasteiger partial charge in [-0.1, -0.05) is 36.4 Å². The summed E-state index contributed by atoms with van der Waals surface area (Å²) in [5, 5.41) is 24.8. The van der Waals surface area contributed by atoms with Crippen molar-refractivity contribution in [2.45, 2.75) is 0 Å². The van der Waals surface area contributed by atoms with Crippen LogP contribution in [0.5, 0.6) is 34.5 Å². The molecule has 0 fully saturated rings. The number of pyridine rings is 2. The Bertz CT molecular complexity index is 2860. The van der Waals surface area contributed by atoms with E-state index in [0.29, 0.717) is 46.0 Å². The van der Waals surface area contributed by atoms with Gasteiger partial charge >= 0.3 is 0 Å². The van der Waals surface area contributed by atoms with Crippen molar-refractivity contribution in [1.82, 2.24) is 29.1 Å². The van der Waals surface area contributed by atoms with Gasteiger partial charge in [0.1, 0.15) is 46.1 Å². The molecule has 10 heteroatoms. The van der Waals surface area contributed by atoms with E-state index < -0.39 is 0 Å². The van der Waals surface area contributed by atoms with E-state index in [1.165, 1.54) is 0 Å². The Morgan fingerprint density at radius 1 is 0.389 bits per heavy atom. The normalized spacial score (nSPS) is 11.5. The average Bonchev–Trinajstić information content (AvgIpc) is 3.70. The highest BCUT2D eigenvalue weighted by atomic mass is 16.5. The highest BCUT2D eigenvalue weighted by Crippen LogP contribution is 2.39. The van der Waals surface area contributed by atoms with Crippen molar-refractivity contribution in [2.24, 2.45) is 0 Å². The Kier molecular flexibility index (Phi) is 7.19. The summed E-state index contributed by atoms with van der Waals surface area (Å²) in [5.74, 6) is 4.18. The fourth-order valence-corrected chi connectivity index (χ4v) is 7.12. The predicted octanol–water partition coefficient (Wildman–Crippen LogP) is 10.1. The van der Waals surface area contributed by atoms with E-state index in [4.69, 9.17) is 9.47 Å². The van der Waals surface area contributed by atoms with E-state index >= 15 is 0 Å². The van der Waals surface area contributed by atoms with Crippen LogP contribution in [0.1, 0.15) is 0 Å². The minimum atomic E-state index is 0.127. The maximum absolute atomic E-state index is 10.3.